The molecule has 0 bridgehead atoms. The molecule has 1 aromatic carbocycles. The fraction of sp³-hybridized carbons (Fsp3) is 0.650. The third kappa shape index (κ3) is 4.97. The van der Waals surface area contributed by atoms with E-state index in [2.05, 4.69) is 66.7 Å². The molecule has 1 aromatic heterocycles. The summed E-state index contributed by atoms with van der Waals surface area (Å²) in [6.07, 6.45) is 5.10. The lowest BCUT2D eigenvalue weighted by molar-refractivity contribution is 0.275. The molecule has 0 aliphatic heterocycles. The summed E-state index contributed by atoms with van der Waals surface area (Å²) < 4.78 is 2.30. The average molecular weight is 331 g/mol. The fourth-order valence-electron chi connectivity index (χ4n) is 3.12. The summed E-state index contributed by atoms with van der Waals surface area (Å²) in [4.78, 5) is 7.37. The molecule has 0 aliphatic carbocycles. The highest BCUT2D eigenvalue weighted by Crippen LogP contribution is 2.23. The van der Waals surface area contributed by atoms with Crippen LogP contribution in [-0.2, 0) is 0 Å². The highest BCUT2D eigenvalue weighted by molar-refractivity contribution is 5.78. The Bertz CT molecular complexity index is 595. The second-order valence-electron chi connectivity index (χ2n) is 6.86. The van der Waals surface area contributed by atoms with Crippen LogP contribution in [0, 0.1) is 0 Å². The number of nitrogens with zero attached hydrogens (tertiary/aromatic N) is 3. The largest absolute Gasteiger partial charge is 0.354 e. The maximum absolute atomic E-state index is 4.79. The van der Waals surface area contributed by atoms with Crippen LogP contribution in [0.15, 0.2) is 24.3 Å². The summed E-state index contributed by atoms with van der Waals surface area (Å²) in [5.41, 5.74) is 2.28. The standard InChI is InChI=1S/C20H34N4/c1-5-7-14-23(15-8-6-2)16-13-21-20-22-18-11-9-10-12-19(18)24(20)17(3)4/h9-12,17H,5-8,13-16H2,1-4H3,(H,21,22). The Morgan fingerprint density at radius 3 is 2.33 bits per heavy atom. The number of aromatic nitrogens is 2. The lowest BCUT2D eigenvalue weighted by Gasteiger charge is -2.22. The van der Waals surface area contributed by atoms with Crippen LogP contribution in [0.1, 0.15) is 59.4 Å². The molecule has 0 amide bonds. The van der Waals surface area contributed by atoms with Gasteiger partial charge < -0.3 is 14.8 Å². The summed E-state index contributed by atoms with van der Waals surface area (Å²) in [6.45, 7) is 13.4. The Morgan fingerprint density at radius 2 is 1.71 bits per heavy atom. The zero-order chi connectivity index (χ0) is 17.4. The Kier molecular flexibility index (Phi) is 7.57. The smallest absolute Gasteiger partial charge is 0.204 e. The molecule has 4 heteroatoms. The zero-order valence-electron chi connectivity index (χ0n) is 15.9. The molecule has 134 valence electrons. The van der Waals surface area contributed by atoms with Gasteiger partial charge in [0.15, 0.2) is 0 Å². The lowest BCUT2D eigenvalue weighted by atomic mass is 10.2. The van der Waals surface area contributed by atoms with E-state index in [1.54, 1.807) is 0 Å². The third-order valence-electron chi connectivity index (χ3n) is 4.48. The van der Waals surface area contributed by atoms with Gasteiger partial charge in [-0.3, -0.25) is 0 Å². The van der Waals surface area contributed by atoms with Gasteiger partial charge in [-0.25, -0.2) is 4.98 Å². The first-order valence-electron chi connectivity index (χ1n) is 9.60. The molecule has 0 saturated carbocycles. The molecule has 0 aliphatic rings. The van der Waals surface area contributed by atoms with Gasteiger partial charge >= 0.3 is 0 Å². The summed E-state index contributed by atoms with van der Waals surface area (Å²) in [7, 11) is 0. The van der Waals surface area contributed by atoms with E-state index >= 15 is 0 Å². The molecular formula is C20H34N4. The van der Waals surface area contributed by atoms with Crippen molar-refractivity contribution in [3.8, 4) is 0 Å². The highest BCUT2D eigenvalue weighted by Gasteiger charge is 2.12. The molecular weight excluding hydrogens is 296 g/mol. The second kappa shape index (κ2) is 9.67. The second-order valence-corrected chi connectivity index (χ2v) is 6.86. The third-order valence-corrected chi connectivity index (χ3v) is 4.48. The van der Waals surface area contributed by atoms with E-state index in [9.17, 15) is 0 Å². The molecule has 24 heavy (non-hydrogen) atoms. The Hall–Kier alpha value is -1.55. The van der Waals surface area contributed by atoms with Gasteiger partial charge in [0.2, 0.25) is 5.95 Å². The number of nitrogens with one attached hydrogen (secondary N) is 1. The normalized spacial score (nSPS) is 11.8. The number of imidazole rings is 1. The minimum atomic E-state index is 0.399. The summed E-state index contributed by atoms with van der Waals surface area (Å²) in [6, 6.07) is 8.79. The van der Waals surface area contributed by atoms with E-state index in [1.165, 1.54) is 44.3 Å². The van der Waals surface area contributed by atoms with Gasteiger partial charge in [0, 0.05) is 19.1 Å². The van der Waals surface area contributed by atoms with Crippen LogP contribution in [0.3, 0.4) is 0 Å². The van der Waals surface area contributed by atoms with Gasteiger partial charge in [0.05, 0.1) is 11.0 Å². The molecule has 0 radical (unpaired) electrons. The van der Waals surface area contributed by atoms with Crippen molar-refractivity contribution in [2.24, 2.45) is 0 Å². The van der Waals surface area contributed by atoms with Crippen LogP contribution in [0.25, 0.3) is 11.0 Å². The van der Waals surface area contributed by atoms with Crippen molar-refractivity contribution in [3.05, 3.63) is 24.3 Å². The Labute approximate surface area is 147 Å². The maximum Gasteiger partial charge on any atom is 0.204 e. The van der Waals surface area contributed by atoms with Gasteiger partial charge in [-0.15, -0.1) is 0 Å². The SMILES string of the molecule is CCCCN(CCCC)CCNc1nc2ccccc2n1C(C)C. The van der Waals surface area contributed by atoms with E-state index < -0.39 is 0 Å². The van der Waals surface area contributed by atoms with Crippen molar-refractivity contribution < 1.29 is 0 Å². The van der Waals surface area contributed by atoms with E-state index in [-0.39, 0.29) is 0 Å². The molecule has 0 atom stereocenters. The molecule has 2 rings (SSSR count). The molecule has 2 aromatic rings. The average Bonchev–Trinajstić information content (AvgIpc) is 2.95. The number of anilines is 1. The number of unbranched alkanes of at least 4 members (excludes halogenated alkanes) is 2. The predicted octanol–water partition coefficient (Wildman–Crippen LogP) is 4.93. The minimum Gasteiger partial charge on any atom is -0.354 e. The van der Waals surface area contributed by atoms with Crippen LogP contribution in [0.4, 0.5) is 5.95 Å². The zero-order valence-corrected chi connectivity index (χ0v) is 15.9. The van der Waals surface area contributed by atoms with Gasteiger partial charge in [-0.1, -0.05) is 38.8 Å². The van der Waals surface area contributed by atoms with E-state index in [0.717, 1.165) is 24.6 Å². The first-order valence-corrected chi connectivity index (χ1v) is 9.60. The first kappa shape index (κ1) is 18.8. The van der Waals surface area contributed by atoms with Crippen molar-refractivity contribution in [2.75, 3.05) is 31.5 Å². The Balaban J connectivity index is 1.99. The van der Waals surface area contributed by atoms with Crippen LogP contribution in [-0.4, -0.2) is 40.6 Å². The molecule has 4 nitrogen and oxygen atoms in total. The van der Waals surface area contributed by atoms with Gasteiger partial charge in [-0.05, 0) is 51.9 Å². The van der Waals surface area contributed by atoms with Crippen molar-refractivity contribution in [1.82, 2.24) is 14.5 Å². The number of hydrogen-bond acceptors (Lipinski definition) is 3. The molecule has 1 heterocycles. The minimum absolute atomic E-state index is 0.399. The molecule has 0 saturated heterocycles. The predicted molar refractivity (Wildman–Crippen MR) is 105 cm³/mol. The molecule has 0 spiro atoms. The monoisotopic (exact) mass is 330 g/mol. The highest BCUT2D eigenvalue weighted by atomic mass is 15.2. The quantitative estimate of drug-likeness (QED) is 0.634. The van der Waals surface area contributed by atoms with Crippen molar-refractivity contribution in [2.45, 2.75) is 59.4 Å². The number of rotatable bonds is 11. The van der Waals surface area contributed by atoms with Crippen LogP contribution in [0.5, 0.6) is 0 Å². The van der Waals surface area contributed by atoms with Crippen molar-refractivity contribution in [3.63, 3.8) is 0 Å². The summed E-state index contributed by atoms with van der Waals surface area (Å²) in [5.74, 6) is 0.997. The van der Waals surface area contributed by atoms with Crippen LogP contribution >= 0.6 is 0 Å². The van der Waals surface area contributed by atoms with Gasteiger partial charge in [0.1, 0.15) is 0 Å². The number of fused-ring (bicyclic) bond motifs is 1. The van der Waals surface area contributed by atoms with Crippen LogP contribution in [0.2, 0.25) is 0 Å². The fourth-order valence-corrected chi connectivity index (χ4v) is 3.12. The maximum atomic E-state index is 4.79. The van der Waals surface area contributed by atoms with Gasteiger partial charge in [0.25, 0.3) is 0 Å². The molecule has 1 N–H and O–H groups in total. The summed E-state index contributed by atoms with van der Waals surface area (Å²) in [5, 5.41) is 3.58. The molecule has 0 unspecified atom stereocenters. The number of hydrogen-bond donors (Lipinski definition) is 1. The number of para-hydroxylation sites is 2. The summed E-state index contributed by atoms with van der Waals surface area (Å²) >= 11 is 0. The topological polar surface area (TPSA) is 33.1 Å². The Morgan fingerprint density at radius 1 is 1.04 bits per heavy atom. The van der Waals surface area contributed by atoms with Gasteiger partial charge in [-0.2, -0.15) is 0 Å². The van der Waals surface area contributed by atoms with E-state index in [0.29, 0.717) is 6.04 Å². The molecule has 0 fully saturated rings. The lowest BCUT2D eigenvalue weighted by Crippen LogP contribution is -2.31. The van der Waals surface area contributed by atoms with E-state index in [4.69, 9.17) is 4.98 Å². The van der Waals surface area contributed by atoms with Crippen molar-refractivity contribution in [1.29, 1.82) is 0 Å². The van der Waals surface area contributed by atoms with Crippen LogP contribution < -0.4 is 5.32 Å². The first-order chi connectivity index (χ1) is 11.7. The number of benzene rings is 1. The van der Waals surface area contributed by atoms with Crippen molar-refractivity contribution >= 4 is 17.0 Å². The van der Waals surface area contributed by atoms with E-state index in [1.807, 2.05) is 0 Å².